The van der Waals surface area contributed by atoms with Crippen LogP contribution in [0.2, 0.25) is 0 Å². The molecule has 2 N–H and O–H groups in total. The van der Waals surface area contributed by atoms with Crippen molar-refractivity contribution in [1.29, 1.82) is 0 Å². The van der Waals surface area contributed by atoms with E-state index in [9.17, 15) is 18.4 Å². The number of imide groups is 1. The number of piperidine rings is 1. The molecule has 0 aromatic heterocycles. The Labute approximate surface area is 121 Å². The smallest absolute Gasteiger partial charge is 0.229 e. The first-order valence-electron chi connectivity index (χ1n) is 6.74. The highest BCUT2D eigenvalue weighted by atomic mass is 19.2. The zero-order valence-electron chi connectivity index (χ0n) is 12.0. The molecule has 0 saturated carbocycles. The SMILES string of the molecule is CC1(C)CC(=O)N(CC(N)c2cccc(F)c2F)C(=O)C1. The predicted molar refractivity (Wildman–Crippen MR) is 73.0 cm³/mol. The van der Waals surface area contributed by atoms with Gasteiger partial charge in [-0.05, 0) is 11.5 Å². The fraction of sp³-hybridized carbons (Fsp3) is 0.467. The highest BCUT2D eigenvalue weighted by Gasteiger charge is 2.38. The third kappa shape index (κ3) is 3.26. The molecule has 6 heteroatoms. The summed E-state index contributed by atoms with van der Waals surface area (Å²) < 4.78 is 26.9. The number of hydrogen-bond acceptors (Lipinski definition) is 3. The molecule has 1 atom stereocenters. The molecule has 4 nitrogen and oxygen atoms in total. The summed E-state index contributed by atoms with van der Waals surface area (Å²) in [6.45, 7) is 3.53. The maximum absolute atomic E-state index is 13.7. The van der Waals surface area contributed by atoms with Gasteiger partial charge in [0.25, 0.3) is 0 Å². The van der Waals surface area contributed by atoms with Gasteiger partial charge in [-0.15, -0.1) is 0 Å². The Morgan fingerprint density at radius 2 is 1.81 bits per heavy atom. The van der Waals surface area contributed by atoms with E-state index in [4.69, 9.17) is 5.73 Å². The molecule has 1 aromatic rings. The van der Waals surface area contributed by atoms with E-state index in [1.807, 2.05) is 13.8 Å². The van der Waals surface area contributed by atoms with E-state index in [2.05, 4.69) is 0 Å². The molecule has 1 heterocycles. The molecule has 2 rings (SSSR count). The van der Waals surface area contributed by atoms with Crippen molar-refractivity contribution in [3.8, 4) is 0 Å². The lowest BCUT2D eigenvalue weighted by Crippen LogP contribution is -2.48. The first-order valence-corrected chi connectivity index (χ1v) is 6.74. The average molecular weight is 296 g/mol. The van der Waals surface area contributed by atoms with Gasteiger partial charge < -0.3 is 5.73 Å². The fourth-order valence-electron chi connectivity index (χ4n) is 2.52. The minimum Gasteiger partial charge on any atom is -0.322 e. The van der Waals surface area contributed by atoms with Crippen molar-refractivity contribution >= 4 is 11.8 Å². The summed E-state index contributed by atoms with van der Waals surface area (Å²) in [5, 5.41) is 0. The van der Waals surface area contributed by atoms with Gasteiger partial charge in [0, 0.05) is 24.9 Å². The minimum atomic E-state index is -1.04. The van der Waals surface area contributed by atoms with E-state index in [0.29, 0.717) is 0 Å². The second-order valence-corrected chi connectivity index (χ2v) is 6.17. The van der Waals surface area contributed by atoms with E-state index in [0.717, 1.165) is 11.0 Å². The van der Waals surface area contributed by atoms with Gasteiger partial charge in [0.2, 0.25) is 11.8 Å². The lowest BCUT2D eigenvalue weighted by Gasteiger charge is -2.35. The summed E-state index contributed by atoms with van der Waals surface area (Å²) in [7, 11) is 0. The Bertz CT molecular complexity index is 567. The number of carbonyl (C=O) groups excluding carboxylic acids is 2. The van der Waals surface area contributed by atoms with E-state index in [1.165, 1.54) is 12.1 Å². The summed E-state index contributed by atoms with van der Waals surface area (Å²) in [6, 6.07) is 2.74. The van der Waals surface area contributed by atoms with Crippen LogP contribution < -0.4 is 5.73 Å². The predicted octanol–water partition coefficient (Wildman–Crippen LogP) is 2.14. The van der Waals surface area contributed by atoms with Crippen LogP contribution in [0.25, 0.3) is 0 Å². The van der Waals surface area contributed by atoms with Crippen LogP contribution >= 0.6 is 0 Å². The molecule has 1 aliphatic rings. The normalized spacial score (nSPS) is 19.8. The second kappa shape index (κ2) is 5.52. The highest BCUT2D eigenvalue weighted by molar-refractivity contribution is 5.98. The molecule has 0 spiro atoms. The monoisotopic (exact) mass is 296 g/mol. The quantitative estimate of drug-likeness (QED) is 0.869. The van der Waals surface area contributed by atoms with Crippen molar-refractivity contribution in [3.63, 3.8) is 0 Å². The van der Waals surface area contributed by atoms with Gasteiger partial charge >= 0.3 is 0 Å². The summed E-state index contributed by atoms with van der Waals surface area (Å²) in [6.07, 6.45) is 0.466. The number of halogens is 2. The van der Waals surface area contributed by atoms with Crippen LogP contribution in [0.3, 0.4) is 0 Å². The van der Waals surface area contributed by atoms with E-state index < -0.39 is 17.7 Å². The number of rotatable bonds is 3. The van der Waals surface area contributed by atoms with Gasteiger partial charge in [0.05, 0.1) is 6.04 Å². The first-order chi connectivity index (χ1) is 9.71. The molecule has 1 aliphatic heterocycles. The van der Waals surface area contributed by atoms with Crippen LogP contribution in [0.5, 0.6) is 0 Å². The van der Waals surface area contributed by atoms with Crippen molar-refractivity contribution in [2.75, 3.05) is 6.54 Å². The second-order valence-electron chi connectivity index (χ2n) is 6.17. The zero-order valence-corrected chi connectivity index (χ0v) is 12.0. The average Bonchev–Trinajstić information content (AvgIpc) is 2.35. The molecular weight excluding hydrogens is 278 g/mol. The van der Waals surface area contributed by atoms with Crippen LogP contribution in [-0.2, 0) is 9.59 Å². The Hall–Kier alpha value is -1.82. The van der Waals surface area contributed by atoms with Crippen molar-refractivity contribution in [1.82, 2.24) is 4.90 Å². The molecule has 1 saturated heterocycles. The minimum absolute atomic E-state index is 0.0413. The Morgan fingerprint density at radius 3 is 2.38 bits per heavy atom. The highest BCUT2D eigenvalue weighted by Crippen LogP contribution is 2.32. The Kier molecular flexibility index (Phi) is 4.09. The lowest BCUT2D eigenvalue weighted by molar-refractivity contribution is -0.152. The van der Waals surface area contributed by atoms with Crippen LogP contribution in [0.15, 0.2) is 18.2 Å². The molecule has 1 aromatic carbocycles. The van der Waals surface area contributed by atoms with Gasteiger partial charge in [-0.3, -0.25) is 14.5 Å². The number of amides is 2. The van der Waals surface area contributed by atoms with Crippen molar-refractivity contribution in [2.24, 2.45) is 11.1 Å². The van der Waals surface area contributed by atoms with Crippen LogP contribution in [0.1, 0.15) is 38.3 Å². The van der Waals surface area contributed by atoms with Crippen LogP contribution in [0.4, 0.5) is 8.78 Å². The molecule has 0 radical (unpaired) electrons. The fourth-order valence-corrected chi connectivity index (χ4v) is 2.52. The maximum atomic E-state index is 13.7. The molecular formula is C15H18F2N2O2. The number of nitrogens with two attached hydrogens (primary N) is 1. The van der Waals surface area contributed by atoms with Crippen molar-refractivity contribution < 1.29 is 18.4 Å². The largest absolute Gasteiger partial charge is 0.322 e. The molecule has 0 aliphatic carbocycles. The number of benzene rings is 1. The standard InChI is InChI=1S/C15H18F2N2O2/c1-15(2)6-12(20)19(13(21)7-15)8-11(18)9-4-3-5-10(16)14(9)17/h3-5,11H,6-8,18H2,1-2H3. The topological polar surface area (TPSA) is 63.4 Å². The number of carbonyl (C=O) groups is 2. The summed E-state index contributed by atoms with van der Waals surface area (Å²) in [4.78, 5) is 25.1. The van der Waals surface area contributed by atoms with Gasteiger partial charge in [-0.2, -0.15) is 0 Å². The molecule has 1 fully saturated rings. The molecule has 2 amide bonds. The molecule has 1 unspecified atom stereocenters. The summed E-state index contributed by atoms with van der Waals surface area (Å²) >= 11 is 0. The molecule has 0 bridgehead atoms. The lowest BCUT2D eigenvalue weighted by atomic mass is 9.81. The summed E-state index contributed by atoms with van der Waals surface area (Å²) in [5.74, 6) is -2.70. The van der Waals surface area contributed by atoms with Gasteiger partial charge in [-0.1, -0.05) is 26.0 Å². The first kappa shape index (κ1) is 15.6. The van der Waals surface area contributed by atoms with Crippen LogP contribution in [0, 0.1) is 17.0 Å². The zero-order chi connectivity index (χ0) is 15.8. The van der Waals surface area contributed by atoms with Crippen molar-refractivity contribution in [3.05, 3.63) is 35.4 Å². The summed E-state index contributed by atoms with van der Waals surface area (Å²) in [5.41, 5.74) is 5.42. The maximum Gasteiger partial charge on any atom is 0.229 e. The number of hydrogen-bond donors (Lipinski definition) is 1. The number of likely N-dealkylation sites (tertiary alicyclic amines) is 1. The van der Waals surface area contributed by atoms with Gasteiger partial charge in [0.1, 0.15) is 0 Å². The van der Waals surface area contributed by atoms with Crippen molar-refractivity contribution in [2.45, 2.75) is 32.7 Å². The Balaban J connectivity index is 2.16. The van der Waals surface area contributed by atoms with E-state index >= 15 is 0 Å². The van der Waals surface area contributed by atoms with Crippen LogP contribution in [-0.4, -0.2) is 23.3 Å². The third-order valence-electron chi connectivity index (χ3n) is 3.62. The van der Waals surface area contributed by atoms with Gasteiger partial charge in [-0.25, -0.2) is 8.78 Å². The molecule has 21 heavy (non-hydrogen) atoms. The molecule has 114 valence electrons. The third-order valence-corrected chi connectivity index (χ3v) is 3.62. The van der Waals surface area contributed by atoms with E-state index in [-0.39, 0.29) is 42.2 Å². The number of nitrogens with zero attached hydrogens (tertiary/aromatic N) is 1. The van der Waals surface area contributed by atoms with Gasteiger partial charge in [0.15, 0.2) is 11.6 Å². The Morgan fingerprint density at radius 1 is 1.24 bits per heavy atom. The van der Waals surface area contributed by atoms with E-state index in [1.54, 1.807) is 0 Å².